The molecule has 2 rings (SSSR count). The zero-order valence-corrected chi connectivity index (χ0v) is 15.5. The van der Waals surface area contributed by atoms with Gasteiger partial charge in [0.05, 0.1) is 17.5 Å². The van der Waals surface area contributed by atoms with Gasteiger partial charge in [0.15, 0.2) is 0 Å². The predicted molar refractivity (Wildman–Crippen MR) is 97.1 cm³/mol. The molecule has 0 radical (unpaired) electrons. The Hall–Kier alpha value is -2.29. The fourth-order valence-corrected chi connectivity index (χ4v) is 3.03. The molecule has 0 saturated heterocycles. The molecular weight excluding hydrogens is 357 g/mol. The van der Waals surface area contributed by atoms with E-state index in [2.05, 4.69) is 5.32 Å². The number of nitrogens with one attached hydrogen (secondary N) is 1. The highest BCUT2D eigenvalue weighted by molar-refractivity contribution is 7.89. The van der Waals surface area contributed by atoms with E-state index < -0.39 is 10.0 Å². The van der Waals surface area contributed by atoms with Crippen LogP contribution in [0.25, 0.3) is 0 Å². The first-order chi connectivity index (χ1) is 12.1. The third-order valence-corrected chi connectivity index (χ3v) is 4.79. The van der Waals surface area contributed by atoms with Crippen LogP contribution >= 0.6 is 0 Å². The van der Waals surface area contributed by atoms with Gasteiger partial charge >= 0.3 is 0 Å². The van der Waals surface area contributed by atoms with Crippen molar-refractivity contribution in [1.82, 2.24) is 10.2 Å². The predicted octanol–water partition coefficient (Wildman–Crippen LogP) is 1.78. The third kappa shape index (κ3) is 5.91. The summed E-state index contributed by atoms with van der Waals surface area (Å²) in [5.74, 6) is -0.464. The first-order valence-electron chi connectivity index (χ1n) is 8.00. The van der Waals surface area contributed by atoms with Crippen LogP contribution in [-0.4, -0.2) is 32.8 Å². The number of benzene rings is 2. The molecule has 0 bridgehead atoms. The molecule has 0 aliphatic rings. The van der Waals surface area contributed by atoms with Crippen molar-refractivity contribution in [1.29, 1.82) is 0 Å². The van der Waals surface area contributed by atoms with Gasteiger partial charge in [-0.3, -0.25) is 9.69 Å². The number of hydrogen-bond acceptors (Lipinski definition) is 4. The van der Waals surface area contributed by atoms with E-state index in [9.17, 15) is 17.6 Å². The summed E-state index contributed by atoms with van der Waals surface area (Å²) in [6, 6.07) is 11.9. The number of likely N-dealkylation sites (N-methyl/N-ethyl adjacent to an activating group) is 1. The van der Waals surface area contributed by atoms with Gasteiger partial charge in [-0.15, -0.1) is 0 Å². The van der Waals surface area contributed by atoms with Crippen molar-refractivity contribution in [3.63, 3.8) is 0 Å². The first kappa shape index (κ1) is 20.0. The standard InChI is InChI=1S/C18H22FN3O3S/c1-13(15-5-9-17(10-6-15)26(20,24)25)21-18(23)12-22(2)11-14-3-7-16(19)8-4-14/h3-10,13H,11-12H2,1-2H3,(H,21,23)(H2,20,24,25)/t13-/m0/s1. The summed E-state index contributed by atoms with van der Waals surface area (Å²) >= 11 is 0. The lowest BCUT2D eigenvalue weighted by atomic mass is 10.1. The first-order valence-corrected chi connectivity index (χ1v) is 9.55. The van der Waals surface area contributed by atoms with Gasteiger partial charge in [-0.1, -0.05) is 24.3 Å². The van der Waals surface area contributed by atoms with Crippen LogP contribution in [0.5, 0.6) is 0 Å². The van der Waals surface area contributed by atoms with Crippen LogP contribution in [-0.2, 0) is 21.4 Å². The summed E-state index contributed by atoms with van der Waals surface area (Å²) in [6.45, 7) is 2.51. The highest BCUT2D eigenvalue weighted by Gasteiger charge is 2.13. The summed E-state index contributed by atoms with van der Waals surface area (Å²) in [4.78, 5) is 14.0. The Balaban J connectivity index is 1.89. The molecule has 0 spiro atoms. The van der Waals surface area contributed by atoms with E-state index in [1.807, 2.05) is 11.8 Å². The maximum atomic E-state index is 12.9. The number of carbonyl (C=O) groups is 1. The van der Waals surface area contributed by atoms with E-state index >= 15 is 0 Å². The van der Waals surface area contributed by atoms with Crippen LogP contribution in [0.3, 0.4) is 0 Å². The zero-order chi connectivity index (χ0) is 19.3. The molecule has 0 heterocycles. The molecule has 2 aromatic carbocycles. The molecule has 1 amide bonds. The van der Waals surface area contributed by atoms with Crippen LogP contribution < -0.4 is 10.5 Å². The zero-order valence-electron chi connectivity index (χ0n) is 14.6. The Kier molecular flexibility index (Phi) is 6.47. The van der Waals surface area contributed by atoms with Gasteiger partial charge in [0.1, 0.15) is 5.82 Å². The van der Waals surface area contributed by atoms with Crippen LogP contribution in [0, 0.1) is 5.82 Å². The van der Waals surface area contributed by atoms with Crippen molar-refractivity contribution >= 4 is 15.9 Å². The van der Waals surface area contributed by atoms with Crippen molar-refractivity contribution in [2.24, 2.45) is 5.14 Å². The van der Waals surface area contributed by atoms with Gasteiger partial charge < -0.3 is 5.32 Å². The van der Waals surface area contributed by atoms with Crippen LogP contribution in [0.4, 0.5) is 4.39 Å². The lowest BCUT2D eigenvalue weighted by Crippen LogP contribution is -2.36. The molecular formula is C18H22FN3O3S. The Morgan fingerprint density at radius 1 is 1.15 bits per heavy atom. The van der Waals surface area contributed by atoms with E-state index in [1.54, 1.807) is 31.3 Å². The number of sulfonamides is 1. The average molecular weight is 379 g/mol. The molecule has 0 saturated carbocycles. The minimum Gasteiger partial charge on any atom is -0.348 e. The van der Waals surface area contributed by atoms with Crippen LogP contribution in [0.2, 0.25) is 0 Å². The van der Waals surface area contributed by atoms with Crippen LogP contribution in [0.1, 0.15) is 24.1 Å². The smallest absolute Gasteiger partial charge is 0.238 e. The molecule has 3 N–H and O–H groups in total. The van der Waals surface area contributed by atoms with Crippen molar-refractivity contribution in [3.05, 3.63) is 65.5 Å². The quantitative estimate of drug-likeness (QED) is 0.767. The molecule has 26 heavy (non-hydrogen) atoms. The van der Waals surface area contributed by atoms with Gasteiger partial charge in [-0.2, -0.15) is 0 Å². The summed E-state index contributed by atoms with van der Waals surface area (Å²) in [5, 5.41) is 7.93. The molecule has 0 aliphatic heterocycles. The minimum atomic E-state index is -3.73. The van der Waals surface area contributed by atoms with E-state index in [1.165, 1.54) is 24.3 Å². The van der Waals surface area contributed by atoms with E-state index in [0.29, 0.717) is 6.54 Å². The largest absolute Gasteiger partial charge is 0.348 e. The number of carbonyl (C=O) groups excluding carboxylic acids is 1. The molecule has 2 aromatic rings. The van der Waals surface area contributed by atoms with Crippen molar-refractivity contribution in [2.45, 2.75) is 24.4 Å². The van der Waals surface area contributed by atoms with Gasteiger partial charge in [-0.05, 0) is 49.4 Å². The van der Waals surface area contributed by atoms with Gasteiger partial charge in [0.25, 0.3) is 0 Å². The Bertz CT molecular complexity index is 852. The molecule has 0 aliphatic carbocycles. The molecule has 1 atom stereocenters. The third-order valence-electron chi connectivity index (χ3n) is 3.87. The summed E-state index contributed by atoms with van der Waals surface area (Å²) in [6.07, 6.45) is 0. The summed E-state index contributed by atoms with van der Waals surface area (Å²) in [7, 11) is -1.93. The fourth-order valence-electron chi connectivity index (χ4n) is 2.52. The number of halogens is 1. The normalized spacial score (nSPS) is 12.8. The van der Waals surface area contributed by atoms with E-state index in [-0.39, 0.29) is 29.2 Å². The summed E-state index contributed by atoms with van der Waals surface area (Å²) in [5.41, 5.74) is 1.68. The highest BCUT2D eigenvalue weighted by atomic mass is 32.2. The second-order valence-electron chi connectivity index (χ2n) is 6.20. The summed E-state index contributed by atoms with van der Waals surface area (Å²) < 4.78 is 35.4. The van der Waals surface area contributed by atoms with Crippen LogP contribution in [0.15, 0.2) is 53.4 Å². The van der Waals surface area contributed by atoms with Gasteiger partial charge in [-0.25, -0.2) is 17.9 Å². The van der Waals surface area contributed by atoms with Crippen molar-refractivity contribution in [2.75, 3.05) is 13.6 Å². The van der Waals surface area contributed by atoms with E-state index in [0.717, 1.165) is 11.1 Å². The number of nitrogens with zero attached hydrogens (tertiary/aromatic N) is 1. The Morgan fingerprint density at radius 3 is 2.27 bits per heavy atom. The molecule has 8 heteroatoms. The second-order valence-corrected chi connectivity index (χ2v) is 7.76. The Morgan fingerprint density at radius 2 is 1.73 bits per heavy atom. The van der Waals surface area contributed by atoms with Crippen molar-refractivity contribution < 1.29 is 17.6 Å². The van der Waals surface area contributed by atoms with E-state index in [4.69, 9.17) is 5.14 Å². The highest BCUT2D eigenvalue weighted by Crippen LogP contribution is 2.15. The molecule has 0 aromatic heterocycles. The lowest BCUT2D eigenvalue weighted by molar-refractivity contribution is -0.122. The Labute approximate surface area is 152 Å². The lowest BCUT2D eigenvalue weighted by Gasteiger charge is -2.19. The molecule has 0 unspecified atom stereocenters. The fraction of sp³-hybridized carbons (Fsp3) is 0.278. The monoisotopic (exact) mass is 379 g/mol. The number of primary sulfonamides is 1. The van der Waals surface area contributed by atoms with Gasteiger partial charge in [0.2, 0.25) is 15.9 Å². The maximum absolute atomic E-state index is 12.9. The minimum absolute atomic E-state index is 0.0267. The number of nitrogens with two attached hydrogens (primary N) is 1. The van der Waals surface area contributed by atoms with Gasteiger partial charge in [0, 0.05) is 6.54 Å². The number of rotatable bonds is 7. The van der Waals surface area contributed by atoms with Crippen molar-refractivity contribution in [3.8, 4) is 0 Å². The number of hydrogen-bond donors (Lipinski definition) is 2. The average Bonchev–Trinajstić information content (AvgIpc) is 2.56. The molecule has 0 fully saturated rings. The molecule has 140 valence electrons. The second kappa shape index (κ2) is 8.39. The number of amides is 1. The topological polar surface area (TPSA) is 92.5 Å². The maximum Gasteiger partial charge on any atom is 0.238 e. The molecule has 6 nitrogen and oxygen atoms in total. The SMILES string of the molecule is C[C@H](NC(=O)CN(C)Cc1ccc(F)cc1)c1ccc(S(N)(=O)=O)cc1.